The number of hydrogen-bond acceptors (Lipinski definition) is 4. The van der Waals surface area contributed by atoms with Gasteiger partial charge in [0, 0.05) is 13.0 Å². The van der Waals surface area contributed by atoms with E-state index >= 15 is 0 Å². The number of carbonyl (C=O) groups excluding carboxylic acids is 1. The predicted molar refractivity (Wildman–Crippen MR) is 75.1 cm³/mol. The van der Waals surface area contributed by atoms with E-state index in [2.05, 4.69) is 5.32 Å². The summed E-state index contributed by atoms with van der Waals surface area (Å²) in [5.74, 6) is -1.19. The Morgan fingerprint density at radius 1 is 1.30 bits per heavy atom. The Bertz CT molecular complexity index is 467. The molecule has 6 nitrogen and oxygen atoms in total. The van der Waals surface area contributed by atoms with Gasteiger partial charge in [0.2, 0.25) is 5.91 Å². The Kier molecular flexibility index (Phi) is 5.56. The molecule has 0 bridgehead atoms. The molecule has 1 amide bonds. The first-order valence-electron chi connectivity index (χ1n) is 6.99. The van der Waals surface area contributed by atoms with Crippen molar-refractivity contribution in [2.24, 2.45) is 5.41 Å². The topological polar surface area (TPSA) is 101 Å². The highest BCUT2D eigenvalue weighted by atomic mass is 32.2. The van der Waals surface area contributed by atoms with Crippen molar-refractivity contribution in [3.05, 3.63) is 0 Å². The molecular formula is C13H23NO5S. The molecule has 1 atom stereocenters. The lowest BCUT2D eigenvalue weighted by atomic mass is 9.79. The summed E-state index contributed by atoms with van der Waals surface area (Å²) in [5.41, 5.74) is -1.06. The van der Waals surface area contributed by atoms with Crippen LogP contribution in [0.5, 0.6) is 0 Å². The Hall–Kier alpha value is -1.11. The Morgan fingerprint density at radius 2 is 1.90 bits per heavy atom. The van der Waals surface area contributed by atoms with Crippen LogP contribution in [-0.2, 0) is 19.4 Å². The molecule has 0 aromatic heterocycles. The normalized spacial score (nSPS) is 21.6. The Labute approximate surface area is 119 Å². The van der Waals surface area contributed by atoms with Crippen LogP contribution in [0.2, 0.25) is 0 Å². The van der Waals surface area contributed by atoms with E-state index in [1.54, 1.807) is 13.8 Å². The zero-order valence-corrected chi connectivity index (χ0v) is 12.8. The fourth-order valence-corrected chi connectivity index (χ4v) is 4.33. The molecule has 7 heteroatoms. The molecule has 0 spiro atoms. The van der Waals surface area contributed by atoms with Gasteiger partial charge in [0.05, 0.1) is 16.4 Å². The van der Waals surface area contributed by atoms with Crippen LogP contribution >= 0.6 is 0 Å². The molecule has 1 heterocycles. The number of carboxylic acid groups (broad SMARTS) is 1. The molecule has 0 aliphatic carbocycles. The number of nitrogens with one attached hydrogen (secondary N) is 1. The summed E-state index contributed by atoms with van der Waals surface area (Å²) in [6, 6.07) is 0. The summed E-state index contributed by atoms with van der Waals surface area (Å²) in [6.07, 6.45) is 1.82. The minimum Gasteiger partial charge on any atom is -0.481 e. The third-order valence-electron chi connectivity index (χ3n) is 4.30. The quantitative estimate of drug-likeness (QED) is 0.729. The highest BCUT2D eigenvalue weighted by Crippen LogP contribution is 2.31. The summed E-state index contributed by atoms with van der Waals surface area (Å²) in [7, 11) is -3.08. The highest BCUT2D eigenvalue weighted by Gasteiger charge is 2.38. The highest BCUT2D eigenvalue weighted by molar-refractivity contribution is 7.92. The van der Waals surface area contributed by atoms with E-state index in [1.807, 2.05) is 0 Å². The molecule has 0 aromatic rings. The summed E-state index contributed by atoms with van der Waals surface area (Å²) >= 11 is 0. The van der Waals surface area contributed by atoms with E-state index in [0.717, 1.165) is 0 Å². The van der Waals surface area contributed by atoms with Crippen molar-refractivity contribution < 1.29 is 23.1 Å². The number of sulfone groups is 1. The van der Waals surface area contributed by atoms with Crippen molar-refractivity contribution in [3.8, 4) is 0 Å². The van der Waals surface area contributed by atoms with Gasteiger partial charge in [-0.1, -0.05) is 13.8 Å². The Balaban J connectivity index is 2.57. The Morgan fingerprint density at radius 3 is 2.30 bits per heavy atom. The molecular weight excluding hydrogens is 282 g/mol. The summed E-state index contributed by atoms with van der Waals surface area (Å²) in [4.78, 5) is 23.2. The minimum atomic E-state index is -3.08. The molecule has 1 saturated heterocycles. The molecule has 20 heavy (non-hydrogen) atoms. The fourth-order valence-electron chi connectivity index (χ4n) is 2.56. The fraction of sp³-hybridized carbons (Fsp3) is 0.846. The first kappa shape index (κ1) is 16.9. The molecule has 1 aliphatic heterocycles. The summed E-state index contributed by atoms with van der Waals surface area (Å²) in [6.45, 7) is 3.57. The smallest absolute Gasteiger partial charge is 0.310 e. The second-order valence-corrected chi connectivity index (χ2v) is 7.81. The minimum absolute atomic E-state index is 0.0876. The van der Waals surface area contributed by atoms with Gasteiger partial charge in [-0.15, -0.1) is 0 Å². The van der Waals surface area contributed by atoms with Crippen LogP contribution in [0.4, 0.5) is 0 Å². The van der Waals surface area contributed by atoms with Crippen LogP contribution in [0.3, 0.4) is 0 Å². The van der Waals surface area contributed by atoms with Gasteiger partial charge >= 0.3 is 5.97 Å². The van der Waals surface area contributed by atoms with Crippen LogP contribution in [0.25, 0.3) is 0 Å². The molecule has 0 saturated carbocycles. The van der Waals surface area contributed by atoms with Gasteiger partial charge in [-0.3, -0.25) is 9.59 Å². The van der Waals surface area contributed by atoms with Crippen molar-refractivity contribution in [2.45, 2.75) is 51.2 Å². The SMILES string of the molecule is CCC(CC)(CC(=O)NCC1CCCS1(=O)=O)C(=O)O. The number of rotatable bonds is 7. The van der Waals surface area contributed by atoms with Gasteiger partial charge in [0.15, 0.2) is 9.84 Å². The molecule has 116 valence electrons. The van der Waals surface area contributed by atoms with Gasteiger partial charge < -0.3 is 10.4 Å². The standard InChI is InChI=1S/C13H23NO5S/c1-3-13(4-2,12(16)17)8-11(15)14-9-10-6-5-7-20(10,18)19/h10H,3-9H2,1-2H3,(H,14,15)(H,16,17). The molecule has 2 N–H and O–H groups in total. The van der Waals surface area contributed by atoms with E-state index in [0.29, 0.717) is 25.7 Å². The molecule has 1 rings (SSSR count). The van der Waals surface area contributed by atoms with E-state index in [4.69, 9.17) is 0 Å². The maximum atomic E-state index is 11.9. The average Bonchev–Trinajstić information content (AvgIpc) is 2.72. The maximum Gasteiger partial charge on any atom is 0.310 e. The van der Waals surface area contributed by atoms with Crippen LogP contribution in [-0.4, -0.2) is 42.9 Å². The first-order chi connectivity index (χ1) is 9.27. The van der Waals surface area contributed by atoms with Gasteiger partial charge in [0.1, 0.15) is 0 Å². The van der Waals surface area contributed by atoms with Crippen LogP contribution in [0, 0.1) is 5.41 Å². The summed E-state index contributed by atoms with van der Waals surface area (Å²) in [5, 5.41) is 11.3. The number of carbonyl (C=O) groups is 2. The van der Waals surface area contributed by atoms with Crippen molar-refractivity contribution in [3.63, 3.8) is 0 Å². The summed E-state index contributed by atoms with van der Waals surface area (Å²) < 4.78 is 23.3. The van der Waals surface area contributed by atoms with E-state index in [-0.39, 0.29) is 18.7 Å². The molecule has 1 fully saturated rings. The molecule has 0 radical (unpaired) electrons. The first-order valence-corrected chi connectivity index (χ1v) is 8.70. The zero-order chi connectivity index (χ0) is 15.4. The number of hydrogen-bond donors (Lipinski definition) is 2. The third-order valence-corrected chi connectivity index (χ3v) is 6.57. The van der Waals surface area contributed by atoms with Gasteiger partial charge in [0.25, 0.3) is 0 Å². The van der Waals surface area contributed by atoms with E-state index in [1.165, 1.54) is 0 Å². The molecule has 1 aliphatic rings. The van der Waals surface area contributed by atoms with Crippen LogP contribution in [0.1, 0.15) is 46.0 Å². The number of aliphatic carboxylic acids is 1. The second-order valence-electron chi connectivity index (χ2n) is 5.40. The van der Waals surface area contributed by atoms with Crippen molar-refractivity contribution >= 4 is 21.7 Å². The van der Waals surface area contributed by atoms with E-state index < -0.39 is 32.4 Å². The zero-order valence-electron chi connectivity index (χ0n) is 12.0. The molecule has 0 aromatic carbocycles. The van der Waals surface area contributed by atoms with Crippen molar-refractivity contribution in [1.82, 2.24) is 5.32 Å². The van der Waals surface area contributed by atoms with E-state index in [9.17, 15) is 23.1 Å². The van der Waals surface area contributed by atoms with Crippen LogP contribution in [0.15, 0.2) is 0 Å². The average molecular weight is 305 g/mol. The van der Waals surface area contributed by atoms with Crippen molar-refractivity contribution in [2.75, 3.05) is 12.3 Å². The lowest BCUT2D eigenvalue weighted by Gasteiger charge is -2.26. The van der Waals surface area contributed by atoms with Crippen molar-refractivity contribution in [1.29, 1.82) is 0 Å². The lowest BCUT2D eigenvalue weighted by Crippen LogP contribution is -2.40. The monoisotopic (exact) mass is 305 g/mol. The maximum absolute atomic E-state index is 11.9. The third kappa shape index (κ3) is 3.71. The largest absolute Gasteiger partial charge is 0.481 e. The number of amides is 1. The number of carboxylic acids is 1. The van der Waals surface area contributed by atoms with Gasteiger partial charge in [-0.05, 0) is 25.7 Å². The lowest BCUT2D eigenvalue weighted by molar-refractivity contribution is -0.152. The van der Waals surface area contributed by atoms with Gasteiger partial charge in [-0.2, -0.15) is 0 Å². The predicted octanol–water partition coefficient (Wildman–Crippen LogP) is 0.961. The second kappa shape index (κ2) is 6.56. The molecule has 1 unspecified atom stereocenters. The van der Waals surface area contributed by atoms with Gasteiger partial charge in [-0.25, -0.2) is 8.42 Å². The van der Waals surface area contributed by atoms with Crippen LogP contribution < -0.4 is 5.32 Å².